The van der Waals surface area contributed by atoms with Crippen molar-refractivity contribution in [3.05, 3.63) is 84.4 Å². The minimum Gasteiger partial charge on any atom is -0.453 e. The number of hydrogen-bond donors (Lipinski definition) is 1. The molecule has 4 heteroatoms. The van der Waals surface area contributed by atoms with Crippen LogP contribution in [0.15, 0.2) is 78.9 Å². The zero-order valence-corrected chi connectivity index (χ0v) is 14.5. The van der Waals surface area contributed by atoms with E-state index < -0.39 is 0 Å². The van der Waals surface area contributed by atoms with Gasteiger partial charge in [-0.3, -0.25) is 0 Å². The average molecular weight is 354 g/mol. The van der Waals surface area contributed by atoms with E-state index in [1.54, 1.807) is 0 Å². The first-order valence-corrected chi connectivity index (χ1v) is 8.22. The molecule has 1 aliphatic rings. The highest BCUT2D eigenvalue weighted by Gasteiger charge is 2.20. The van der Waals surface area contributed by atoms with Crippen molar-refractivity contribution >= 4 is 12.4 Å². The van der Waals surface area contributed by atoms with Gasteiger partial charge in [0.2, 0.25) is 0 Å². The Morgan fingerprint density at radius 1 is 0.720 bits per heavy atom. The molecule has 3 nitrogen and oxygen atoms in total. The topological polar surface area (TPSA) is 30.5 Å². The molecule has 1 atom stereocenters. The summed E-state index contributed by atoms with van der Waals surface area (Å²) in [4.78, 5) is 0. The van der Waals surface area contributed by atoms with Gasteiger partial charge in [0.25, 0.3) is 0 Å². The number of ether oxygens (including phenoxy) is 2. The van der Waals surface area contributed by atoms with Crippen LogP contribution in [-0.2, 0) is 0 Å². The first-order valence-electron chi connectivity index (χ1n) is 8.22. The summed E-state index contributed by atoms with van der Waals surface area (Å²) in [6.45, 7) is 1.07. The van der Waals surface area contributed by atoms with Gasteiger partial charge >= 0.3 is 0 Å². The van der Waals surface area contributed by atoms with Crippen molar-refractivity contribution in [3.63, 3.8) is 0 Å². The lowest BCUT2D eigenvalue weighted by molar-refractivity contribution is 0.378. The molecule has 1 aliphatic heterocycles. The standard InChI is InChI=1S/C21H19NO2.ClH/c1-3-7-17(8-4-1)23-20-12-11-16(19-13-14-22-19)15-21(20)24-18-9-5-2-6-10-18;/h1-12,15,19,22H,13-14H2;1H/t19-;/m1./s1. The van der Waals surface area contributed by atoms with Gasteiger partial charge < -0.3 is 14.8 Å². The maximum absolute atomic E-state index is 6.09. The Kier molecular flexibility index (Phi) is 5.59. The highest BCUT2D eigenvalue weighted by Crippen LogP contribution is 2.38. The molecule has 0 spiro atoms. The summed E-state index contributed by atoms with van der Waals surface area (Å²) in [5.74, 6) is 3.04. The van der Waals surface area contributed by atoms with E-state index in [1.807, 2.05) is 66.7 Å². The zero-order chi connectivity index (χ0) is 16.2. The van der Waals surface area contributed by atoms with Gasteiger partial charge in [0, 0.05) is 6.04 Å². The van der Waals surface area contributed by atoms with Crippen LogP contribution >= 0.6 is 12.4 Å². The normalized spacial score (nSPS) is 15.6. The summed E-state index contributed by atoms with van der Waals surface area (Å²) in [6.07, 6.45) is 1.16. The van der Waals surface area contributed by atoms with Gasteiger partial charge in [-0.15, -0.1) is 12.4 Å². The molecule has 1 N–H and O–H groups in total. The van der Waals surface area contributed by atoms with E-state index in [-0.39, 0.29) is 12.4 Å². The minimum atomic E-state index is 0. The maximum atomic E-state index is 6.09. The van der Waals surface area contributed by atoms with Crippen LogP contribution in [0, 0.1) is 0 Å². The number of benzene rings is 3. The number of rotatable bonds is 5. The van der Waals surface area contributed by atoms with Crippen LogP contribution in [0.5, 0.6) is 23.0 Å². The third kappa shape index (κ3) is 4.13. The van der Waals surface area contributed by atoms with E-state index in [4.69, 9.17) is 9.47 Å². The van der Waals surface area contributed by atoms with Gasteiger partial charge in [0.05, 0.1) is 0 Å². The first-order chi connectivity index (χ1) is 11.9. The lowest BCUT2D eigenvalue weighted by Crippen LogP contribution is -2.34. The lowest BCUT2D eigenvalue weighted by atomic mass is 9.98. The second kappa shape index (κ2) is 8.06. The Labute approximate surface area is 154 Å². The Balaban J connectivity index is 0.00000182. The van der Waals surface area contributed by atoms with Crippen LogP contribution in [0.4, 0.5) is 0 Å². The second-order valence-electron chi connectivity index (χ2n) is 5.83. The van der Waals surface area contributed by atoms with Crippen LogP contribution in [0.1, 0.15) is 18.0 Å². The largest absolute Gasteiger partial charge is 0.453 e. The van der Waals surface area contributed by atoms with E-state index in [0.717, 1.165) is 30.2 Å². The van der Waals surface area contributed by atoms with Crippen LogP contribution in [-0.4, -0.2) is 6.54 Å². The fourth-order valence-corrected chi connectivity index (χ4v) is 2.71. The fraction of sp³-hybridized carbons (Fsp3) is 0.143. The molecule has 0 aliphatic carbocycles. The third-order valence-corrected chi connectivity index (χ3v) is 4.14. The first kappa shape index (κ1) is 17.3. The predicted octanol–water partition coefficient (Wildman–Crippen LogP) is 5.73. The summed E-state index contributed by atoms with van der Waals surface area (Å²) >= 11 is 0. The van der Waals surface area contributed by atoms with Crippen LogP contribution in [0.25, 0.3) is 0 Å². The number of para-hydroxylation sites is 2. The number of nitrogens with one attached hydrogen (secondary N) is 1. The highest BCUT2D eigenvalue weighted by atomic mass is 35.5. The van der Waals surface area contributed by atoms with Crippen molar-refractivity contribution < 1.29 is 9.47 Å². The van der Waals surface area contributed by atoms with Crippen molar-refractivity contribution in [1.82, 2.24) is 5.32 Å². The van der Waals surface area contributed by atoms with E-state index in [9.17, 15) is 0 Å². The van der Waals surface area contributed by atoms with E-state index in [2.05, 4.69) is 17.4 Å². The fourth-order valence-electron chi connectivity index (χ4n) is 2.71. The summed E-state index contributed by atoms with van der Waals surface area (Å²) in [7, 11) is 0. The Hall–Kier alpha value is -2.49. The molecule has 0 radical (unpaired) electrons. The minimum absolute atomic E-state index is 0. The molecular weight excluding hydrogens is 334 g/mol. The van der Waals surface area contributed by atoms with Gasteiger partial charge in [-0.25, -0.2) is 0 Å². The summed E-state index contributed by atoms with van der Waals surface area (Å²) in [5.41, 5.74) is 1.23. The second-order valence-corrected chi connectivity index (χ2v) is 5.83. The van der Waals surface area contributed by atoms with Crippen molar-refractivity contribution in [2.75, 3.05) is 6.54 Å². The van der Waals surface area contributed by atoms with Crippen molar-refractivity contribution in [3.8, 4) is 23.0 Å². The van der Waals surface area contributed by atoms with E-state index in [0.29, 0.717) is 11.8 Å². The molecule has 0 amide bonds. The highest BCUT2D eigenvalue weighted by molar-refractivity contribution is 5.85. The van der Waals surface area contributed by atoms with Gasteiger partial charge in [-0.2, -0.15) is 0 Å². The molecule has 0 unspecified atom stereocenters. The molecule has 25 heavy (non-hydrogen) atoms. The van der Waals surface area contributed by atoms with E-state index in [1.165, 1.54) is 5.56 Å². The Morgan fingerprint density at radius 2 is 1.28 bits per heavy atom. The van der Waals surface area contributed by atoms with Gasteiger partial charge in [-0.1, -0.05) is 42.5 Å². The Morgan fingerprint density at radius 3 is 1.80 bits per heavy atom. The van der Waals surface area contributed by atoms with Gasteiger partial charge in [0.15, 0.2) is 11.5 Å². The molecule has 1 saturated heterocycles. The maximum Gasteiger partial charge on any atom is 0.170 e. The molecule has 0 saturated carbocycles. The summed E-state index contributed by atoms with van der Waals surface area (Å²) < 4.78 is 12.1. The van der Waals surface area contributed by atoms with Gasteiger partial charge in [-0.05, 0) is 54.9 Å². The number of hydrogen-bond acceptors (Lipinski definition) is 3. The number of halogens is 1. The smallest absolute Gasteiger partial charge is 0.170 e. The molecule has 0 bridgehead atoms. The molecule has 0 aromatic heterocycles. The monoisotopic (exact) mass is 353 g/mol. The van der Waals surface area contributed by atoms with Crippen molar-refractivity contribution in [2.24, 2.45) is 0 Å². The van der Waals surface area contributed by atoms with Crippen molar-refractivity contribution in [1.29, 1.82) is 0 Å². The quantitative estimate of drug-likeness (QED) is 0.635. The third-order valence-electron chi connectivity index (χ3n) is 4.14. The predicted molar refractivity (Wildman–Crippen MR) is 102 cm³/mol. The zero-order valence-electron chi connectivity index (χ0n) is 13.7. The molecule has 4 rings (SSSR count). The Bertz CT molecular complexity index is 805. The van der Waals surface area contributed by atoms with Crippen LogP contribution in [0.2, 0.25) is 0 Å². The molecule has 128 valence electrons. The molecule has 1 heterocycles. The summed E-state index contributed by atoms with van der Waals surface area (Å²) in [5, 5.41) is 3.43. The van der Waals surface area contributed by atoms with E-state index >= 15 is 0 Å². The molecule has 3 aromatic rings. The molecular formula is C21H20ClNO2. The molecule has 3 aromatic carbocycles. The van der Waals surface area contributed by atoms with Crippen LogP contribution < -0.4 is 14.8 Å². The SMILES string of the molecule is Cl.c1ccc(Oc2ccc([C@H]3CCN3)cc2Oc2ccccc2)cc1. The lowest BCUT2D eigenvalue weighted by Gasteiger charge is -2.28. The van der Waals surface area contributed by atoms with Gasteiger partial charge in [0.1, 0.15) is 11.5 Å². The molecule has 1 fully saturated rings. The van der Waals surface area contributed by atoms with Crippen molar-refractivity contribution in [2.45, 2.75) is 12.5 Å². The average Bonchev–Trinajstić information content (AvgIpc) is 2.57. The summed E-state index contributed by atoms with van der Waals surface area (Å²) in [6, 6.07) is 26.1. The van der Waals surface area contributed by atoms with Crippen LogP contribution in [0.3, 0.4) is 0 Å².